The number of ketones is 1. The maximum Gasteiger partial charge on any atom is 0.163 e. The highest BCUT2D eigenvalue weighted by atomic mass is 32.2. The van der Waals surface area contributed by atoms with E-state index < -0.39 is 6.10 Å². The topological polar surface area (TPSA) is 66.8 Å². The number of carbonyl (C=O) groups is 1. The van der Waals surface area contributed by atoms with E-state index in [1.54, 1.807) is 24.8 Å². The maximum atomic E-state index is 11.7. The van der Waals surface area contributed by atoms with Crippen molar-refractivity contribution in [3.63, 3.8) is 0 Å². The normalized spacial score (nSPS) is 12.1. The van der Waals surface area contributed by atoms with Crippen LogP contribution in [-0.4, -0.2) is 28.4 Å². The molecule has 1 unspecified atom stereocenters. The zero-order chi connectivity index (χ0) is 21.6. The smallest absolute Gasteiger partial charge is 0.163 e. The Labute approximate surface area is 178 Å². The van der Waals surface area contributed by atoms with E-state index in [9.17, 15) is 15.0 Å². The van der Waals surface area contributed by atoms with E-state index in [2.05, 4.69) is 6.92 Å². The first-order chi connectivity index (χ1) is 13.8. The van der Waals surface area contributed by atoms with Gasteiger partial charge in [0, 0.05) is 16.2 Å². The molecule has 0 aliphatic heterocycles. The van der Waals surface area contributed by atoms with Gasteiger partial charge in [-0.15, -0.1) is 11.8 Å². The summed E-state index contributed by atoms with van der Waals surface area (Å²) in [5.41, 5.74) is 4.32. The Kier molecular flexibility index (Phi) is 8.60. The van der Waals surface area contributed by atoms with Crippen LogP contribution < -0.4 is 4.74 Å². The average molecular weight is 417 g/mol. The SMILES string of the molecule is CCCc1c(SCCCOc2ccc(C(C)O)c(C)c2C)ccc(C(C)=O)c1O. The molecule has 2 rings (SSSR count). The van der Waals surface area contributed by atoms with Gasteiger partial charge < -0.3 is 14.9 Å². The van der Waals surface area contributed by atoms with E-state index in [-0.39, 0.29) is 11.5 Å². The average Bonchev–Trinajstić information content (AvgIpc) is 2.66. The summed E-state index contributed by atoms with van der Waals surface area (Å²) < 4.78 is 5.95. The van der Waals surface area contributed by atoms with E-state index >= 15 is 0 Å². The van der Waals surface area contributed by atoms with Crippen LogP contribution in [0.1, 0.15) is 72.3 Å². The number of aliphatic hydroxyl groups is 1. The fourth-order valence-corrected chi connectivity index (χ4v) is 4.40. The molecule has 2 N–H and O–H groups in total. The van der Waals surface area contributed by atoms with Gasteiger partial charge in [-0.3, -0.25) is 4.79 Å². The monoisotopic (exact) mass is 416 g/mol. The van der Waals surface area contributed by atoms with Crippen molar-refractivity contribution in [2.75, 3.05) is 12.4 Å². The predicted molar refractivity (Wildman–Crippen MR) is 119 cm³/mol. The number of aromatic hydroxyl groups is 1. The summed E-state index contributed by atoms with van der Waals surface area (Å²) in [6, 6.07) is 7.50. The summed E-state index contributed by atoms with van der Waals surface area (Å²) in [5.74, 6) is 1.73. The van der Waals surface area contributed by atoms with Crippen LogP contribution in [0.4, 0.5) is 0 Å². The standard InChI is InChI=1S/C24H32O4S/c1-6-8-21-23(12-10-20(18(5)26)24(21)27)29-14-7-13-28-22-11-9-19(17(4)25)15(2)16(22)3/h9-12,17,25,27H,6-8,13-14H2,1-5H3. The van der Waals surface area contributed by atoms with E-state index in [0.717, 1.165) is 57.9 Å². The molecule has 0 amide bonds. The van der Waals surface area contributed by atoms with Gasteiger partial charge in [-0.2, -0.15) is 0 Å². The molecular weight excluding hydrogens is 384 g/mol. The van der Waals surface area contributed by atoms with Crippen LogP contribution in [0.15, 0.2) is 29.2 Å². The molecule has 1 atom stereocenters. The highest BCUT2D eigenvalue weighted by Crippen LogP contribution is 2.34. The van der Waals surface area contributed by atoms with Crippen LogP contribution in [0, 0.1) is 13.8 Å². The third-order valence-corrected chi connectivity index (χ3v) is 6.34. The lowest BCUT2D eigenvalue weighted by molar-refractivity contribution is 0.101. The first kappa shape index (κ1) is 23.3. The van der Waals surface area contributed by atoms with Crippen LogP contribution in [-0.2, 0) is 6.42 Å². The van der Waals surface area contributed by atoms with Gasteiger partial charge >= 0.3 is 0 Å². The van der Waals surface area contributed by atoms with Gasteiger partial charge in [0.15, 0.2) is 5.78 Å². The molecule has 0 radical (unpaired) electrons. The van der Waals surface area contributed by atoms with Crippen molar-refractivity contribution >= 4 is 17.5 Å². The molecule has 29 heavy (non-hydrogen) atoms. The van der Waals surface area contributed by atoms with Crippen LogP contribution in [0.3, 0.4) is 0 Å². The van der Waals surface area contributed by atoms with Crippen LogP contribution >= 0.6 is 11.8 Å². The fraction of sp³-hybridized carbons (Fsp3) is 0.458. The molecule has 0 spiro atoms. The molecule has 2 aromatic rings. The van der Waals surface area contributed by atoms with Crippen molar-refractivity contribution in [1.82, 2.24) is 0 Å². The summed E-state index contributed by atoms with van der Waals surface area (Å²) in [4.78, 5) is 12.7. The van der Waals surface area contributed by atoms with Gasteiger partial charge in [-0.25, -0.2) is 0 Å². The van der Waals surface area contributed by atoms with Gasteiger partial charge in [0.25, 0.3) is 0 Å². The number of hydrogen-bond donors (Lipinski definition) is 2. The quantitative estimate of drug-likeness (QED) is 0.292. The third-order valence-electron chi connectivity index (χ3n) is 5.15. The largest absolute Gasteiger partial charge is 0.507 e. The van der Waals surface area contributed by atoms with Crippen molar-refractivity contribution in [2.45, 2.75) is 64.9 Å². The van der Waals surface area contributed by atoms with Crippen LogP contribution in [0.25, 0.3) is 0 Å². The van der Waals surface area contributed by atoms with Gasteiger partial charge in [0.1, 0.15) is 11.5 Å². The van der Waals surface area contributed by atoms with Gasteiger partial charge in [-0.1, -0.05) is 19.4 Å². The lowest BCUT2D eigenvalue weighted by Gasteiger charge is -2.16. The summed E-state index contributed by atoms with van der Waals surface area (Å²) in [5, 5.41) is 20.3. The number of phenols is 1. The molecule has 0 aliphatic carbocycles. The first-order valence-corrected chi connectivity index (χ1v) is 11.2. The van der Waals surface area contributed by atoms with Crippen molar-refractivity contribution in [1.29, 1.82) is 0 Å². The lowest BCUT2D eigenvalue weighted by Crippen LogP contribution is -2.04. The predicted octanol–water partition coefficient (Wildman–Crippen LogP) is 5.78. The summed E-state index contributed by atoms with van der Waals surface area (Å²) in [7, 11) is 0. The number of rotatable bonds is 10. The second-order valence-corrected chi connectivity index (χ2v) is 8.51. The van der Waals surface area contributed by atoms with Crippen LogP contribution in [0.5, 0.6) is 11.5 Å². The minimum absolute atomic E-state index is 0.114. The second-order valence-electron chi connectivity index (χ2n) is 7.37. The first-order valence-electron chi connectivity index (χ1n) is 10.2. The highest BCUT2D eigenvalue weighted by Gasteiger charge is 2.15. The molecule has 0 aromatic heterocycles. The number of phenolic OH excluding ortho intramolecular Hbond substituents is 1. The zero-order valence-electron chi connectivity index (χ0n) is 18.0. The molecule has 0 heterocycles. The maximum absolute atomic E-state index is 11.7. The second kappa shape index (κ2) is 10.7. The van der Waals surface area contributed by atoms with Crippen LogP contribution in [0.2, 0.25) is 0 Å². The number of benzene rings is 2. The number of ether oxygens (including phenoxy) is 1. The molecule has 0 bridgehead atoms. The molecule has 5 heteroatoms. The Morgan fingerprint density at radius 3 is 2.52 bits per heavy atom. The van der Waals surface area contributed by atoms with E-state index in [1.165, 1.54) is 6.92 Å². The van der Waals surface area contributed by atoms with E-state index in [1.807, 2.05) is 32.0 Å². The molecule has 0 saturated carbocycles. The molecule has 0 aliphatic rings. The molecule has 2 aromatic carbocycles. The number of aliphatic hydroxyl groups excluding tert-OH is 1. The van der Waals surface area contributed by atoms with Gasteiger partial charge in [0.2, 0.25) is 0 Å². The molecule has 4 nitrogen and oxygen atoms in total. The van der Waals surface area contributed by atoms with Crippen molar-refractivity contribution < 1.29 is 19.7 Å². The molecule has 0 fully saturated rings. The Bertz CT molecular complexity index is 858. The molecule has 0 saturated heterocycles. The molecular formula is C24H32O4S. The number of hydrogen-bond acceptors (Lipinski definition) is 5. The lowest BCUT2D eigenvalue weighted by atomic mass is 9.99. The summed E-state index contributed by atoms with van der Waals surface area (Å²) >= 11 is 1.69. The number of carbonyl (C=O) groups excluding carboxylic acids is 1. The fourth-order valence-electron chi connectivity index (χ4n) is 3.38. The van der Waals surface area contributed by atoms with Crippen molar-refractivity contribution in [3.05, 3.63) is 52.1 Å². The summed E-state index contributed by atoms with van der Waals surface area (Å²) in [6.07, 6.45) is 2.04. The van der Waals surface area contributed by atoms with Crippen molar-refractivity contribution in [2.24, 2.45) is 0 Å². The highest BCUT2D eigenvalue weighted by molar-refractivity contribution is 7.99. The van der Waals surface area contributed by atoms with Crippen molar-refractivity contribution in [3.8, 4) is 11.5 Å². The number of Topliss-reactive ketones (excluding diaryl/α,β-unsaturated/α-hetero) is 1. The zero-order valence-corrected chi connectivity index (χ0v) is 18.9. The minimum Gasteiger partial charge on any atom is -0.507 e. The van der Waals surface area contributed by atoms with Gasteiger partial charge in [-0.05, 0) is 75.4 Å². The number of thioether (sulfide) groups is 1. The third kappa shape index (κ3) is 5.77. The minimum atomic E-state index is -0.484. The molecule has 158 valence electrons. The Balaban J connectivity index is 1.95. The Morgan fingerprint density at radius 2 is 1.90 bits per heavy atom. The summed E-state index contributed by atoms with van der Waals surface area (Å²) in [6.45, 7) is 9.94. The van der Waals surface area contributed by atoms with E-state index in [0.29, 0.717) is 12.2 Å². The van der Waals surface area contributed by atoms with E-state index in [4.69, 9.17) is 4.74 Å². The van der Waals surface area contributed by atoms with Gasteiger partial charge in [0.05, 0.1) is 18.3 Å². The Morgan fingerprint density at radius 1 is 1.17 bits per heavy atom. The Hall–Kier alpha value is -1.98.